The number of benzene rings is 1. The first-order valence-electron chi connectivity index (χ1n) is 7.84. The number of nitrogens with zero attached hydrogens (tertiary/aromatic N) is 2. The van der Waals surface area contributed by atoms with Crippen LogP contribution in [0.1, 0.15) is 10.4 Å². The molecule has 0 atom stereocenters. The van der Waals surface area contributed by atoms with Crippen LogP contribution in [0.2, 0.25) is 10.0 Å². The molecule has 1 aromatic rings. The van der Waals surface area contributed by atoms with E-state index in [-0.39, 0.29) is 29.3 Å². The van der Waals surface area contributed by atoms with Crippen molar-refractivity contribution >= 4 is 40.9 Å². The van der Waals surface area contributed by atoms with Gasteiger partial charge in [-0.2, -0.15) is 0 Å². The molecule has 0 aliphatic carbocycles. The first kappa shape index (κ1) is 19.5. The minimum absolute atomic E-state index is 0.0475. The summed E-state index contributed by atoms with van der Waals surface area (Å²) in [6.07, 6.45) is 0. The Morgan fingerprint density at radius 1 is 1.08 bits per heavy atom. The fourth-order valence-corrected chi connectivity index (χ4v) is 2.74. The maximum atomic E-state index is 12.2. The Hall–Kier alpha value is -1.83. The number of amides is 3. The maximum Gasteiger partial charge on any atom is 0.251 e. The van der Waals surface area contributed by atoms with Gasteiger partial charge >= 0.3 is 0 Å². The van der Waals surface area contributed by atoms with Crippen molar-refractivity contribution in [3.8, 4) is 0 Å². The average Bonchev–Trinajstić information content (AvgIpc) is 2.62. The van der Waals surface area contributed by atoms with Gasteiger partial charge < -0.3 is 15.5 Å². The van der Waals surface area contributed by atoms with E-state index in [1.54, 1.807) is 18.0 Å². The third-order valence-corrected chi connectivity index (χ3v) is 4.69. The number of nitrogens with one attached hydrogen (secondary N) is 2. The molecule has 2 N–H and O–H groups in total. The minimum atomic E-state index is -0.384. The molecule has 0 aromatic heterocycles. The second-order valence-corrected chi connectivity index (χ2v) is 6.46. The maximum absolute atomic E-state index is 12.2. The van der Waals surface area contributed by atoms with Crippen LogP contribution >= 0.6 is 23.2 Å². The van der Waals surface area contributed by atoms with Crippen LogP contribution in [-0.4, -0.2) is 73.8 Å². The average molecular weight is 387 g/mol. The number of carbonyl (C=O) groups excluding carboxylic acids is 3. The van der Waals surface area contributed by atoms with Crippen molar-refractivity contribution in [1.82, 2.24) is 20.4 Å². The predicted octanol–water partition coefficient (Wildman–Crippen LogP) is 0.613. The first-order valence-corrected chi connectivity index (χ1v) is 8.60. The fourth-order valence-electron chi connectivity index (χ4n) is 2.44. The van der Waals surface area contributed by atoms with E-state index in [0.29, 0.717) is 43.3 Å². The molecular formula is C16H20Cl2N4O3. The second-order valence-electron chi connectivity index (χ2n) is 5.64. The molecule has 1 fully saturated rings. The van der Waals surface area contributed by atoms with Crippen LogP contribution in [0.5, 0.6) is 0 Å². The van der Waals surface area contributed by atoms with Gasteiger partial charge in [0.2, 0.25) is 11.8 Å². The summed E-state index contributed by atoms with van der Waals surface area (Å²) in [5, 5.41) is 5.81. The highest BCUT2D eigenvalue weighted by Gasteiger charge is 2.22. The third kappa shape index (κ3) is 5.59. The van der Waals surface area contributed by atoms with E-state index in [0.717, 1.165) is 0 Å². The summed E-state index contributed by atoms with van der Waals surface area (Å²) in [5.41, 5.74) is 0.345. The summed E-state index contributed by atoms with van der Waals surface area (Å²) in [5.74, 6) is -0.591. The highest BCUT2D eigenvalue weighted by atomic mass is 35.5. The third-order valence-electron chi connectivity index (χ3n) is 3.95. The van der Waals surface area contributed by atoms with E-state index in [2.05, 4.69) is 10.6 Å². The topological polar surface area (TPSA) is 81.8 Å². The van der Waals surface area contributed by atoms with Gasteiger partial charge in [-0.3, -0.25) is 19.3 Å². The van der Waals surface area contributed by atoms with Gasteiger partial charge in [0.15, 0.2) is 0 Å². The fraction of sp³-hybridized carbons (Fsp3) is 0.438. The summed E-state index contributed by atoms with van der Waals surface area (Å²) in [6, 6.07) is 4.54. The van der Waals surface area contributed by atoms with Crippen molar-refractivity contribution in [3.05, 3.63) is 33.8 Å². The molecule has 0 bridgehead atoms. The lowest BCUT2D eigenvalue weighted by molar-refractivity contribution is -0.132. The number of likely N-dealkylation sites (N-methyl/N-ethyl adjacent to an activating group) is 1. The standard InChI is InChI=1S/C16H20Cl2N4O3/c1-19-14(23)10-21-4-6-22(7-5-21)15(24)9-20-16(25)11-2-3-12(17)13(18)8-11/h2-3,8H,4-7,9-10H2,1H3,(H,19,23)(H,20,25). The van der Waals surface area contributed by atoms with Gasteiger partial charge in [-0.05, 0) is 18.2 Å². The molecule has 1 aromatic carbocycles. The van der Waals surface area contributed by atoms with E-state index in [4.69, 9.17) is 23.2 Å². The molecule has 1 aliphatic rings. The number of hydrogen-bond donors (Lipinski definition) is 2. The van der Waals surface area contributed by atoms with Crippen LogP contribution in [0, 0.1) is 0 Å². The Balaban J connectivity index is 1.78. The van der Waals surface area contributed by atoms with Gasteiger partial charge in [-0.1, -0.05) is 23.2 Å². The molecule has 0 spiro atoms. The molecule has 2 rings (SSSR count). The lowest BCUT2D eigenvalue weighted by Crippen LogP contribution is -2.52. The van der Waals surface area contributed by atoms with Gasteiger partial charge in [0.25, 0.3) is 5.91 Å². The van der Waals surface area contributed by atoms with Gasteiger partial charge in [0.05, 0.1) is 23.1 Å². The quantitative estimate of drug-likeness (QED) is 0.776. The summed E-state index contributed by atoms with van der Waals surface area (Å²) in [7, 11) is 1.60. The highest BCUT2D eigenvalue weighted by molar-refractivity contribution is 6.42. The zero-order chi connectivity index (χ0) is 18.4. The van der Waals surface area contributed by atoms with Crippen LogP contribution in [0.4, 0.5) is 0 Å². The molecular weight excluding hydrogens is 367 g/mol. The number of hydrogen-bond acceptors (Lipinski definition) is 4. The van der Waals surface area contributed by atoms with Crippen molar-refractivity contribution < 1.29 is 14.4 Å². The number of rotatable bonds is 5. The highest BCUT2D eigenvalue weighted by Crippen LogP contribution is 2.22. The Labute approximate surface area is 156 Å². The molecule has 7 nitrogen and oxygen atoms in total. The molecule has 0 unspecified atom stereocenters. The first-order chi connectivity index (χ1) is 11.9. The normalized spacial score (nSPS) is 14.9. The molecule has 0 radical (unpaired) electrons. The van der Waals surface area contributed by atoms with Crippen LogP contribution in [0.15, 0.2) is 18.2 Å². The zero-order valence-electron chi connectivity index (χ0n) is 13.8. The van der Waals surface area contributed by atoms with E-state index in [1.807, 2.05) is 4.90 Å². The van der Waals surface area contributed by atoms with Crippen molar-refractivity contribution in [2.75, 3.05) is 46.3 Å². The van der Waals surface area contributed by atoms with Crippen LogP contribution in [0.3, 0.4) is 0 Å². The SMILES string of the molecule is CNC(=O)CN1CCN(C(=O)CNC(=O)c2ccc(Cl)c(Cl)c2)CC1. The molecule has 25 heavy (non-hydrogen) atoms. The van der Waals surface area contributed by atoms with Gasteiger partial charge in [0, 0.05) is 38.8 Å². The summed E-state index contributed by atoms with van der Waals surface area (Å²) in [6.45, 7) is 2.54. The summed E-state index contributed by atoms with van der Waals surface area (Å²) >= 11 is 11.7. The van der Waals surface area contributed by atoms with E-state index < -0.39 is 0 Å². The Morgan fingerprint density at radius 3 is 2.36 bits per heavy atom. The second kappa shape index (κ2) is 9.03. The van der Waals surface area contributed by atoms with Gasteiger partial charge in [-0.15, -0.1) is 0 Å². The summed E-state index contributed by atoms with van der Waals surface area (Å²) in [4.78, 5) is 39.3. The van der Waals surface area contributed by atoms with Crippen molar-refractivity contribution in [2.24, 2.45) is 0 Å². The zero-order valence-corrected chi connectivity index (χ0v) is 15.4. The van der Waals surface area contributed by atoms with Crippen molar-refractivity contribution in [3.63, 3.8) is 0 Å². The van der Waals surface area contributed by atoms with Crippen LogP contribution in [0.25, 0.3) is 0 Å². The Morgan fingerprint density at radius 2 is 1.76 bits per heavy atom. The predicted molar refractivity (Wildman–Crippen MR) is 95.9 cm³/mol. The molecule has 3 amide bonds. The van der Waals surface area contributed by atoms with E-state index in [9.17, 15) is 14.4 Å². The van der Waals surface area contributed by atoms with E-state index >= 15 is 0 Å². The number of halogens is 2. The lowest BCUT2D eigenvalue weighted by Gasteiger charge is -2.34. The molecule has 1 saturated heterocycles. The monoisotopic (exact) mass is 386 g/mol. The van der Waals surface area contributed by atoms with Crippen LogP contribution in [-0.2, 0) is 9.59 Å². The summed E-state index contributed by atoms with van der Waals surface area (Å²) < 4.78 is 0. The van der Waals surface area contributed by atoms with Crippen molar-refractivity contribution in [1.29, 1.82) is 0 Å². The van der Waals surface area contributed by atoms with Gasteiger partial charge in [-0.25, -0.2) is 0 Å². The molecule has 1 aliphatic heterocycles. The molecule has 0 saturated carbocycles. The molecule has 1 heterocycles. The smallest absolute Gasteiger partial charge is 0.251 e. The molecule has 9 heteroatoms. The van der Waals surface area contributed by atoms with Gasteiger partial charge in [0.1, 0.15) is 0 Å². The lowest BCUT2D eigenvalue weighted by atomic mass is 10.2. The van der Waals surface area contributed by atoms with E-state index in [1.165, 1.54) is 12.1 Å². The Kier molecular flexibility index (Phi) is 7.04. The Bertz CT molecular complexity index is 661. The minimum Gasteiger partial charge on any atom is -0.358 e. The number of carbonyl (C=O) groups is 3. The number of piperazine rings is 1. The molecule has 136 valence electrons. The van der Waals surface area contributed by atoms with Crippen LogP contribution < -0.4 is 10.6 Å². The largest absolute Gasteiger partial charge is 0.358 e. The van der Waals surface area contributed by atoms with Crippen molar-refractivity contribution in [2.45, 2.75) is 0 Å².